The highest BCUT2D eigenvalue weighted by Crippen LogP contribution is 2.31. The van der Waals surface area contributed by atoms with E-state index in [1.54, 1.807) is 0 Å². The van der Waals surface area contributed by atoms with Crippen LogP contribution in [0.25, 0.3) is 0 Å². The van der Waals surface area contributed by atoms with Crippen molar-refractivity contribution in [2.45, 2.75) is 239 Å². The van der Waals surface area contributed by atoms with E-state index in [9.17, 15) is 19.8 Å². The van der Waals surface area contributed by atoms with Gasteiger partial charge in [0.2, 0.25) is 0 Å². The van der Waals surface area contributed by atoms with Crippen LogP contribution in [0.4, 0.5) is 0 Å². The van der Waals surface area contributed by atoms with Gasteiger partial charge in [-0.25, -0.2) is 9.59 Å². The molecule has 0 heterocycles. The molecule has 0 spiro atoms. The fourth-order valence-corrected chi connectivity index (χ4v) is 6.97. The second-order valence-corrected chi connectivity index (χ2v) is 16.2. The van der Waals surface area contributed by atoms with Crippen molar-refractivity contribution >= 4 is 11.9 Å². The summed E-state index contributed by atoms with van der Waals surface area (Å²) in [6, 6.07) is 0. The molecule has 3 aliphatic carbocycles. The zero-order valence-electron chi connectivity index (χ0n) is 34.7. The highest BCUT2D eigenvalue weighted by Gasteiger charge is 2.27. The van der Waals surface area contributed by atoms with E-state index in [4.69, 9.17) is 10.2 Å². The maximum absolute atomic E-state index is 9.60. The molecule has 4 N–H and O–H groups in total. The van der Waals surface area contributed by atoms with Gasteiger partial charge in [-0.1, -0.05) is 225 Å². The van der Waals surface area contributed by atoms with Gasteiger partial charge >= 0.3 is 11.9 Å². The lowest BCUT2D eigenvalue weighted by atomic mass is 9.79. The zero-order chi connectivity index (χ0) is 39.0. The Morgan fingerprint density at radius 1 is 0.365 bits per heavy atom. The standard InChI is InChI=1S/C14H28O2.2C12H24.2C4H6O2/c15-12-14(13-16)10-8-6-4-2-1-3-5-7-9-11-14;2*1-2-4-6-8-10-12-11-9-7-5-3-1;2*1-3(2)4(5)6/h15-16H,1-13H2;2*1-12H2;2*1H2,2H3,(H,5,6). The van der Waals surface area contributed by atoms with Crippen LogP contribution in [0.15, 0.2) is 24.3 Å². The third kappa shape index (κ3) is 39.5. The van der Waals surface area contributed by atoms with Crippen molar-refractivity contribution in [1.82, 2.24) is 0 Å². The van der Waals surface area contributed by atoms with Crippen LogP contribution >= 0.6 is 0 Å². The molecule has 6 heteroatoms. The van der Waals surface area contributed by atoms with Gasteiger partial charge in [-0.05, 0) is 26.7 Å². The monoisotopic (exact) mass is 737 g/mol. The largest absolute Gasteiger partial charge is 0.478 e. The highest BCUT2D eigenvalue weighted by molar-refractivity contribution is 5.85. The van der Waals surface area contributed by atoms with Gasteiger partial charge in [0.05, 0.1) is 13.2 Å². The molecule has 0 radical (unpaired) electrons. The Labute approximate surface area is 322 Å². The van der Waals surface area contributed by atoms with Gasteiger partial charge in [0.15, 0.2) is 0 Å². The molecule has 0 unspecified atom stereocenters. The fraction of sp³-hybridized carbons (Fsp3) is 0.870. The summed E-state index contributed by atoms with van der Waals surface area (Å²) >= 11 is 0. The first-order valence-electron chi connectivity index (χ1n) is 22.1. The first-order valence-corrected chi connectivity index (χ1v) is 22.1. The molecule has 3 saturated carbocycles. The molecule has 308 valence electrons. The smallest absolute Gasteiger partial charge is 0.330 e. The van der Waals surface area contributed by atoms with Crippen LogP contribution in [0.1, 0.15) is 239 Å². The molecule has 3 rings (SSSR count). The van der Waals surface area contributed by atoms with Gasteiger partial charge in [-0.15, -0.1) is 0 Å². The molecule has 0 aromatic heterocycles. The predicted molar refractivity (Wildman–Crippen MR) is 223 cm³/mol. The summed E-state index contributed by atoms with van der Waals surface area (Å²) in [6.45, 7) is 9.52. The number of hydrogen-bond donors (Lipinski definition) is 4. The number of carboxylic acids is 2. The van der Waals surface area contributed by atoms with E-state index in [0.717, 1.165) is 12.8 Å². The molecule has 52 heavy (non-hydrogen) atoms. The third-order valence-electron chi connectivity index (χ3n) is 10.8. The minimum atomic E-state index is -0.935. The number of carbonyl (C=O) groups is 2. The van der Waals surface area contributed by atoms with Gasteiger partial charge in [0.25, 0.3) is 0 Å². The van der Waals surface area contributed by atoms with E-state index in [-0.39, 0.29) is 29.8 Å². The van der Waals surface area contributed by atoms with Crippen LogP contribution in [0.3, 0.4) is 0 Å². The Bertz CT molecular complexity index is 646. The number of rotatable bonds is 4. The van der Waals surface area contributed by atoms with Gasteiger partial charge in [-0.3, -0.25) is 0 Å². The Morgan fingerprint density at radius 2 is 0.481 bits per heavy atom. The molecule has 3 fully saturated rings. The van der Waals surface area contributed by atoms with Crippen LogP contribution < -0.4 is 0 Å². The molecule has 3 aliphatic rings. The van der Waals surface area contributed by atoms with Crippen molar-refractivity contribution in [1.29, 1.82) is 0 Å². The molecule has 0 aliphatic heterocycles. The van der Waals surface area contributed by atoms with Crippen LogP contribution in [0.2, 0.25) is 0 Å². The number of hydrogen-bond acceptors (Lipinski definition) is 4. The van der Waals surface area contributed by atoms with E-state index in [1.807, 2.05) is 0 Å². The van der Waals surface area contributed by atoms with E-state index >= 15 is 0 Å². The second-order valence-electron chi connectivity index (χ2n) is 16.2. The molecule has 0 amide bonds. The topological polar surface area (TPSA) is 115 Å². The maximum atomic E-state index is 9.60. The maximum Gasteiger partial charge on any atom is 0.330 e. The number of aliphatic hydroxyl groups excluding tert-OH is 2. The minimum absolute atomic E-state index is 0.156. The summed E-state index contributed by atoms with van der Waals surface area (Å²) in [7, 11) is 0. The molecule has 6 nitrogen and oxygen atoms in total. The van der Waals surface area contributed by atoms with E-state index < -0.39 is 11.9 Å². The summed E-state index contributed by atoms with van der Waals surface area (Å²) < 4.78 is 0. The Morgan fingerprint density at radius 3 is 0.577 bits per heavy atom. The molecule has 0 aromatic carbocycles. The van der Waals surface area contributed by atoms with Gasteiger partial charge in [0, 0.05) is 16.6 Å². The first kappa shape index (κ1) is 52.4. The van der Waals surface area contributed by atoms with Crippen molar-refractivity contribution in [3.05, 3.63) is 24.3 Å². The van der Waals surface area contributed by atoms with E-state index in [0.29, 0.717) is 0 Å². The molecule has 0 atom stereocenters. The quantitative estimate of drug-likeness (QED) is 0.214. The van der Waals surface area contributed by atoms with Gasteiger partial charge in [-0.2, -0.15) is 0 Å². The summed E-state index contributed by atoms with van der Waals surface area (Å²) in [6.07, 6.45) is 49.6. The number of carboxylic acid groups (broad SMARTS) is 2. The lowest BCUT2D eigenvalue weighted by Crippen LogP contribution is -2.30. The van der Waals surface area contributed by atoms with Crippen molar-refractivity contribution in [2.24, 2.45) is 5.41 Å². The normalized spacial score (nSPS) is 20.3. The predicted octanol–water partition coefficient (Wildman–Crippen LogP) is 13.9. The lowest BCUT2D eigenvalue weighted by molar-refractivity contribution is -0.133. The van der Waals surface area contributed by atoms with Crippen molar-refractivity contribution in [3.8, 4) is 0 Å². The summed E-state index contributed by atoms with van der Waals surface area (Å²) in [5.41, 5.74) is 0.170. The fourth-order valence-electron chi connectivity index (χ4n) is 6.97. The summed E-state index contributed by atoms with van der Waals surface area (Å²) in [4.78, 5) is 19.2. The summed E-state index contributed by atoms with van der Waals surface area (Å²) in [5.74, 6) is -1.87. The van der Waals surface area contributed by atoms with Crippen molar-refractivity contribution in [3.63, 3.8) is 0 Å². The van der Waals surface area contributed by atoms with Crippen LogP contribution in [-0.4, -0.2) is 45.6 Å². The lowest BCUT2D eigenvalue weighted by Gasteiger charge is -2.30. The summed E-state index contributed by atoms with van der Waals surface area (Å²) in [5, 5.41) is 34.8. The second kappa shape index (κ2) is 40.5. The average molecular weight is 737 g/mol. The van der Waals surface area contributed by atoms with Crippen LogP contribution in [-0.2, 0) is 9.59 Å². The molecule has 0 aromatic rings. The van der Waals surface area contributed by atoms with E-state index in [1.165, 1.54) is 226 Å². The molecular weight excluding hydrogens is 648 g/mol. The van der Waals surface area contributed by atoms with Gasteiger partial charge < -0.3 is 20.4 Å². The minimum Gasteiger partial charge on any atom is -0.478 e. The average Bonchev–Trinajstić information content (AvgIpc) is 3.10. The Hall–Kier alpha value is -1.66. The Kier molecular flexibility index (Phi) is 40.9. The SMILES string of the molecule is C1CCCCCCCCCCC1.C1CCCCCCCCCCC1.C=C(C)C(=O)O.C=C(C)C(=O)O.OCC1(CO)CCCCCCCCCCC1. The highest BCUT2D eigenvalue weighted by atomic mass is 16.4. The number of aliphatic hydroxyl groups is 2. The molecule has 0 bridgehead atoms. The molecule has 0 saturated heterocycles. The van der Waals surface area contributed by atoms with Crippen molar-refractivity contribution < 1.29 is 30.0 Å². The third-order valence-corrected chi connectivity index (χ3v) is 10.8. The van der Waals surface area contributed by atoms with Crippen molar-refractivity contribution in [2.75, 3.05) is 13.2 Å². The van der Waals surface area contributed by atoms with Crippen LogP contribution in [0.5, 0.6) is 0 Å². The van der Waals surface area contributed by atoms with Gasteiger partial charge in [0.1, 0.15) is 0 Å². The Balaban J connectivity index is 0. The van der Waals surface area contributed by atoms with Crippen LogP contribution in [0, 0.1) is 5.41 Å². The zero-order valence-corrected chi connectivity index (χ0v) is 34.7. The molecular formula is C46H88O6. The van der Waals surface area contributed by atoms with E-state index in [2.05, 4.69) is 13.2 Å². The number of aliphatic carboxylic acids is 2. The first-order chi connectivity index (χ1) is 25.1.